The van der Waals surface area contributed by atoms with Crippen LogP contribution in [0.1, 0.15) is 17.5 Å². The summed E-state index contributed by atoms with van der Waals surface area (Å²) in [7, 11) is 1.97. The monoisotopic (exact) mass is 334 g/mol. The van der Waals surface area contributed by atoms with Crippen molar-refractivity contribution in [3.05, 3.63) is 40.3 Å². The van der Waals surface area contributed by atoms with Gasteiger partial charge >= 0.3 is 0 Å². The lowest BCUT2D eigenvalue weighted by atomic mass is 10.0. The lowest BCUT2D eigenvalue weighted by Gasteiger charge is -2.19. The fourth-order valence-corrected chi connectivity index (χ4v) is 3.41. The second kappa shape index (κ2) is 5.56. The first-order valence-electron chi connectivity index (χ1n) is 6.96. The molecule has 3 heterocycles. The highest BCUT2D eigenvalue weighted by Crippen LogP contribution is 2.28. The van der Waals surface area contributed by atoms with E-state index < -0.39 is 0 Å². The molecule has 1 fully saturated rings. The molecule has 20 heavy (non-hydrogen) atoms. The zero-order chi connectivity index (χ0) is 14.1. The molecule has 1 atom stereocenters. The molecule has 0 spiro atoms. The van der Waals surface area contributed by atoms with Crippen molar-refractivity contribution in [2.45, 2.75) is 19.8 Å². The van der Waals surface area contributed by atoms with Crippen LogP contribution in [0.4, 0.5) is 5.82 Å². The first-order valence-corrected chi connectivity index (χ1v) is 7.76. The van der Waals surface area contributed by atoms with Crippen LogP contribution in [0.3, 0.4) is 0 Å². The highest BCUT2D eigenvalue weighted by Gasteiger charge is 2.24. The van der Waals surface area contributed by atoms with Gasteiger partial charge in [-0.2, -0.15) is 5.10 Å². The van der Waals surface area contributed by atoms with Crippen LogP contribution >= 0.6 is 15.9 Å². The fraction of sp³-hybridized carbons (Fsp3) is 0.467. The zero-order valence-electron chi connectivity index (χ0n) is 11.9. The maximum Gasteiger partial charge on any atom is 0.131 e. The normalized spacial score (nSPS) is 18.8. The lowest BCUT2D eigenvalue weighted by Crippen LogP contribution is -2.22. The van der Waals surface area contributed by atoms with Crippen LogP contribution in [0.25, 0.3) is 0 Å². The predicted octanol–water partition coefficient (Wildman–Crippen LogP) is 2.96. The van der Waals surface area contributed by atoms with E-state index >= 15 is 0 Å². The molecule has 2 aromatic heterocycles. The van der Waals surface area contributed by atoms with E-state index in [4.69, 9.17) is 0 Å². The quantitative estimate of drug-likeness (QED) is 0.865. The summed E-state index contributed by atoms with van der Waals surface area (Å²) in [5.74, 6) is 1.82. The van der Waals surface area contributed by atoms with Crippen molar-refractivity contribution in [1.82, 2.24) is 14.8 Å². The molecule has 0 N–H and O–H groups in total. The second-order valence-electron chi connectivity index (χ2n) is 5.62. The average Bonchev–Trinajstić information content (AvgIpc) is 2.99. The zero-order valence-corrected chi connectivity index (χ0v) is 13.5. The van der Waals surface area contributed by atoms with Gasteiger partial charge in [0.05, 0.1) is 6.20 Å². The number of halogens is 1. The Balaban J connectivity index is 1.67. The van der Waals surface area contributed by atoms with E-state index in [1.165, 1.54) is 17.5 Å². The van der Waals surface area contributed by atoms with E-state index in [2.05, 4.69) is 50.1 Å². The van der Waals surface area contributed by atoms with E-state index in [1.807, 2.05) is 24.1 Å². The van der Waals surface area contributed by atoms with Gasteiger partial charge in [-0.3, -0.25) is 4.68 Å². The van der Waals surface area contributed by atoms with Crippen LogP contribution in [0.5, 0.6) is 0 Å². The third-order valence-corrected chi connectivity index (χ3v) is 4.32. The molecular weight excluding hydrogens is 316 g/mol. The van der Waals surface area contributed by atoms with Crippen molar-refractivity contribution < 1.29 is 0 Å². The highest BCUT2D eigenvalue weighted by molar-refractivity contribution is 9.10. The van der Waals surface area contributed by atoms with Gasteiger partial charge < -0.3 is 4.90 Å². The van der Waals surface area contributed by atoms with Gasteiger partial charge in [0.25, 0.3) is 0 Å². The molecule has 0 aromatic carbocycles. The lowest BCUT2D eigenvalue weighted by molar-refractivity contribution is 0.585. The summed E-state index contributed by atoms with van der Waals surface area (Å²) in [6, 6.07) is 2.14. The molecule has 0 bridgehead atoms. The predicted molar refractivity (Wildman–Crippen MR) is 83.9 cm³/mol. The van der Waals surface area contributed by atoms with Crippen molar-refractivity contribution in [3.63, 3.8) is 0 Å². The molecule has 106 valence electrons. The summed E-state index contributed by atoms with van der Waals surface area (Å²) >= 11 is 3.47. The molecule has 0 saturated carbocycles. The molecule has 3 rings (SSSR count). The van der Waals surface area contributed by atoms with Gasteiger partial charge in [-0.15, -0.1) is 0 Å². The van der Waals surface area contributed by atoms with E-state index in [9.17, 15) is 0 Å². The maximum atomic E-state index is 4.57. The van der Waals surface area contributed by atoms with Gasteiger partial charge in [-0.1, -0.05) is 0 Å². The fourth-order valence-electron chi connectivity index (χ4n) is 2.97. The molecule has 0 radical (unpaired) electrons. The van der Waals surface area contributed by atoms with Crippen LogP contribution in [-0.4, -0.2) is 27.9 Å². The van der Waals surface area contributed by atoms with Gasteiger partial charge in [0, 0.05) is 37.0 Å². The second-order valence-corrected chi connectivity index (χ2v) is 6.54. The highest BCUT2D eigenvalue weighted by atomic mass is 79.9. The Hall–Kier alpha value is -1.36. The number of hydrogen-bond donors (Lipinski definition) is 0. The number of pyridine rings is 1. The number of hydrogen-bond acceptors (Lipinski definition) is 3. The number of anilines is 1. The van der Waals surface area contributed by atoms with Crippen molar-refractivity contribution in [2.75, 3.05) is 18.0 Å². The molecule has 0 unspecified atom stereocenters. The summed E-state index contributed by atoms with van der Waals surface area (Å²) in [4.78, 5) is 6.97. The molecule has 1 aliphatic rings. The van der Waals surface area contributed by atoms with Crippen molar-refractivity contribution in [1.29, 1.82) is 0 Å². The molecule has 2 aromatic rings. The van der Waals surface area contributed by atoms with Crippen LogP contribution in [-0.2, 0) is 13.5 Å². The number of aryl methyl sites for hydroxylation is 2. The van der Waals surface area contributed by atoms with Gasteiger partial charge in [-0.25, -0.2) is 4.98 Å². The van der Waals surface area contributed by atoms with Gasteiger partial charge in [0.1, 0.15) is 5.82 Å². The van der Waals surface area contributed by atoms with Crippen LogP contribution in [0.15, 0.2) is 29.1 Å². The van der Waals surface area contributed by atoms with Crippen LogP contribution in [0.2, 0.25) is 0 Å². The summed E-state index contributed by atoms with van der Waals surface area (Å²) in [6.45, 7) is 4.31. The standard InChI is InChI=1S/C15H19BrN4/c1-11-5-14(16)8-17-15(11)20-4-3-12(10-20)6-13-7-18-19(2)9-13/h5,7-9,12H,3-4,6,10H2,1-2H3/t12-/m1/s1. The Kier molecular flexibility index (Phi) is 3.78. The van der Waals surface area contributed by atoms with Gasteiger partial charge in [0.2, 0.25) is 0 Å². The first-order chi connectivity index (χ1) is 9.61. The van der Waals surface area contributed by atoms with E-state index in [-0.39, 0.29) is 0 Å². The Morgan fingerprint density at radius 2 is 2.25 bits per heavy atom. The van der Waals surface area contributed by atoms with Crippen LogP contribution < -0.4 is 4.90 Å². The maximum absolute atomic E-state index is 4.57. The van der Waals surface area contributed by atoms with Crippen molar-refractivity contribution >= 4 is 21.7 Å². The van der Waals surface area contributed by atoms with E-state index in [0.29, 0.717) is 5.92 Å². The third kappa shape index (κ3) is 2.87. The number of nitrogens with zero attached hydrogens (tertiary/aromatic N) is 4. The molecular formula is C15H19BrN4. The molecule has 0 aliphatic carbocycles. The summed E-state index contributed by atoms with van der Waals surface area (Å²) in [5, 5.41) is 4.25. The number of rotatable bonds is 3. The van der Waals surface area contributed by atoms with E-state index in [1.54, 1.807) is 0 Å². The minimum absolute atomic E-state index is 0.698. The molecule has 1 saturated heterocycles. The number of aromatic nitrogens is 3. The summed E-state index contributed by atoms with van der Waals surface area (Å²) < 4.78 is 2.92. The minimum Gasteiger partial charge on any atom is -0.356 e. The topological polar surface area (TPSA) is 34.0 Å². The van der Waals surface area contributed by atoms with Crippen molar-refractivity contribution in [2.24, 2.45) is 13.0 Å². The third-order valence-electron chi connectivity index (χ3n) is 3.89. The van der Waals surface area contributed by atoms with Crippen LogP contribution in [0, 0.1) is 12.8 Å². The van der Waals surface area contributed by atoms with Gasteiger partial charge in [-0.05, 0) is 58.8 Å². The van der Waals surface area contributed by atoms with E-state index in [0.717, 1.165) is 29.8 Å². The summed E-state index contributed by atoms with van der Waals surface area (Å²) in [5.41, 5.74) is 2.57. The molecule has 1 aliphatic heterocycles. The summed E-state index contributed by atoms with van der Waals surface area (Å²) in [6.07, 6.45) is 8.32. The molecule has 4 nitrogen and oxygen atoms in total. The largest absolute Gasteiger partial charge is 0.356 e. The Morgan fingerprint density at radius 3 is 2.95 bits per heavy atom. The minimum atomic E-state index is 0.698. The Bertz CT molecular complexity index is 608. The van der Waals surface area contributed by atoms with Crippen molar-refractivity contribution in [3.8, 4) is 0 Å². The first kappa shape index (κ1) is 13.6. The Morgan fingerprint density at radius 1 is 1.40 bits per heavy atom. The molecule has 5 heteroatoms. The SMILES string of the molecule is Cc1cc(Br)cnc1N1CC[C@H](Cc2cnn(C)c2)C1. The molecule has 0 amide bonds. The van der Waals surface area contributed by atoms with Gasteiger partial charge in [0.15, 0.2) is 0 Å². The average molecular weight is 335 g/mol. The smallest absolute Gasteiger partial charge is 0.131 e. The Labute approximate surface area is 127 Å².